The number of ether oxygens (including phenoxy) is 1. The van der Waals surface area contributed by atoms with Gasteiger partial charge in [-0.3, -0.25) is 4.79 Å². The number of amides is 1. The van der Waals surface area contributed by atoms with Gasteiger partial charge in [0.25, 0.3) is 0 Å². The molecule has 0 saturated carbocycles. The molecule has 6 heteroatoms. The van der Waals surface area contributed by atoms with Gasteiger partial charge < -0.3 is 10.1 Å². The van der Waals surface area contributed by atoms with Gasteiger partial charge in [0.15, 0.2) is 5.13 Å². The Morgan fingerprint density at radius 1 is 1.25 bits per heavy atom. The fraction of sp³-hybridized carbons (Fsp3) is 0.222. The number of nitrogens with zero attached hydrogens (tertiary/aromatic N) is 1. The maximum atomic E-state index is 12.1. The lowest BCUT2D eigenvalue weighted by Gasteiger charge is -2.02. The summed E-state index contributed by atoms with van der Waals surface area (Å²) in [5, 5.41) is 7.65. The van der Waals surface area contributed by atoms with E-state index in [4.69, 9.17) is 4.74 Å². The highest BCUT2D eigenvalue weighted by molar-refractivity contribution is 7.16. The minimum absolute atomic E-state index is 0.00349. The molecule has 0 aliphatic carbocycles. The van der Waals surface area contributed by atoms with E-state index in [1.165, 1.54) is 16.9 Å². The van der Waals surface area contributed by atoms with E-state index in [-0.39, 0.29) is 5.91 Å². The van der Waals surface area contributed by atoms with Gasteiger partial charge in [-0.2, -0.15) is 11.3 Å². The zero-order chi connectivity index (χ0) is 16.9. The van der Waals surface area contributed by atoms with Crippen molar-refractivity contribution >= 4 is 33.7 Å². The summed E-state index contributed by atoms with van der Waals surface area (Å²) in [6.07, 6.45) is 1.22. The van der Waals surface area contributed by atoms with Gasteiger partial charge in [-0.05, 0) is 60.0 Å². The van der Waals surface area contributed by atoms with Crippen LogP contribution in [0.1, 0.15) is 16.9 Å². The van der Waals surface area contributed by atoms with E-state index in [1.54, 1.807) is 18.4 Å². The van der Waals surface area contributed by atoms with Crippen molar-refractivity contribution in [2.24, 2.45) is 0 Å². The predicted molar refractivity (Wildman–Crippen MR) is 100 cm³/mol. The standard InChI is InChI=1S/C18H18N2O2S2/c1-12-17(14-4-6-15(22-2)7-5-14)20-18(24-12)19-16(21)8-3-13-9-10-23-11-13/h4-7,9-11H,3,8H2,1-2H3,(H,19,20,21). The van der Waals surface area contributed by atoms with Gasteiger partial charge in [0.2, 0.25) is 5.91 Å². The summed E-state index contributed by atoms with van der Waals surface area (Å²) in [6, 6.07) is 9.82. The zero-order valence-electron chi connectivity index (χ0n) is 13.5. The molecule has 124 valence electrons. The van der Waals surface area contributed by atoms with E-state index >= 15 is 0 Å². The van der Waals surface area contributed by atoms with Crippen LogP contribution in [0.15, 0.2) is 41.1 Å². The molecule has 0 unspecified atom stereocenters. The molecule has 3 aromatic rings. The molecular formula is C18H18N2O2S2. The van der Waals surface area contributed by atoms with E-state index < -0.39 is 0 Å². The first-order chi connectivity index (χ1) is 11.7. The highest BCUT2D eigenvalue weighted by atomic mass is 32.1. The summed E-state index contributed by atoms with van der Waals surface area (Å²) in [4.78, 5) is 17.7. The van der Waals surface area contributed by atoms with Crippen LogP contribution in [-0.4, -0.2) is 18.0 Å². The van der Waals surface area contributed by atoms with Crippen LogP contribution in [0.2, 0.25) is 0 Å². The van der Waals surface area contributed by atoms with Crippen LogP contribution < -0.4 is 10.1 Å². The number of rotatable bonds is 6. The van der Waals surface area contributed by atoms with Crippen molar-refractivity contribution in [1.82, 2.24) is 4.98 Å². The molecule has 0 spiro atoms. The molecule has 0 radical (unpaired) electrons. The quantitative estimate of drug-likeness (QED) is 0.691. The molecule has 1 aromatic carbocycles. The zero-order valence-corrected chi connectivity index (χ0v) is 15.2. The third-order valence-electron chi connectivity index (χ3n) is 3.63. The van der Waals surface area contributed by atoms with Crippen molar-refractivity contribution in [3.63, 3.8) is 0 Å². The number of carbonyl (C=O) groups is 1. The third kappa shape index (κ3) is 4.01. The normalized spacial score (nSPS) is 10.6. The van der Waals surface area contributed by atoms with Crippen molar-refractivity contribution in [2.75, 3.05) is 12.4 Å². The second-order valence-corrected chi connectivity index (χ2v) is 7.32. The second-order valence-electron chi connectivity index (χ2n) is 5.33. The van der Waals surface area contributed by atoms with Crippen molar-refractivity contribution in [3.05, 3.63) is 51.5 Å². The Bertz CT molecular complexity index is 808. The molecule has 24 heavy (non-hydrogen) atoms. The topological polar surface area (TPSA) is 51.2 Å². The summed E-state index contributed by atoms with van der Waals surface area (Å²) in [6.45, 7) is 2.01. The van der Waals surface area contributed by atoms with Crippen LogP contribution in [-0.2, 0) is 11.2 Å². The van der Waals surface area contributed by atoms with Gasteiger partial charge in [0.05, 0.1) is 12.8 Å². The van der Waals surface area contributed by atoms with Crippen LogP contribution in [0.4, 0.5) is 5.13 Å². The third-order valence-corrected chi connectivity index (χ3v) is 5.25. The Morgan fingerprint density at radius 3 is 2.71 bits per heavy atom. The number of benzene rings is 1. The maximum Gasteiger partial charge on any atom is 0.226 e. The van der Waals surface area contributed by atoms with Crippen LogP contribution >= 0.6 is 22.7 Å². The predicted octanol–water partition coefficient (Wildman–Crippen LogP) is 4.76. The number of aromatic nitrogens is 1. The van der Waals surface area contributed by atoms with Crippen LogP contribution in [0.5, 0.6) is 5.75 Å². The number of thiazole rings is 1. The van der Waals surface area contributed by atoms with E-state index in [2.05, 4.69) is 15.7 Å². The van der Waals surface area contributed by atoms with Crippen LogP contribution in [0.3, 0.4) is 0 Å². The van der Waals surface area contributed by atoms with E-state index in [0.717, 1.165) is 28.3 Å². The molecule has 1 amide bonds. The van der Waals surface area contributed by atoms with Gasteiger partial charge in [-0.1, -0.05) is 0 Å². The fourth-order valence-corrected chi connectivity index (χ4v) is 3.90. The molecule has 0 saturated heterocycles. The number of carbonyl (C=O) groups excluding carboxylic acids is 1. The Balaban J connectivity index is 1.65. The SMILES string of the molecule is COc1ccc(-c2nc(NC(=O)CCc3ccsc3)sc2C)cc1. The molecule has 3 rings (SSSR count). The number of nitrogens with one attached hydrogen (secondary N) is 1. The average Bonchev–Trinajstić information content (AvgIpc) is 3.23. The van der Waals surface area contributed by atoms with Crippen LogP contribution in [0, 0.1) is 6.92 Å². The molecule has 2 heterocycles. The molecule has 0 aliphatic rings. The fourth-order valence-electron chi connectivity index (χ4n) is 2.34. The maximum absolute atomic E-state index is 12.1. The first-order valence-electron chi connectivity index (χ1n) is 7.58. The highest BCUT2D eigenvalue weighted by Crippen LogP contribution is 2.31. The van der Waals surface area contributed by atoms with Crippen molar-refractivity contribution in [3.8, 4) is 17.0 Å². The van der Waals surface area contributed by atoms with E-state index in [9.17, 15) is 4.79 Å². The lowest BCUT2D eigenvalue weighted by atomic mass is 10.1. The Kier molecular flexibility index (Phi) is 5.27. The lowest BCUT2D eigenvalue weighted by Crippen LogP contribution is -2.11. The van der Waals surface area contributed by atoms with E-state index in [0.29, 0.717) is 11.6 Å². The van der Waals surface area contributed by atoms with Crippen molar-refractivity contribution in [2.45, 2.75) is 19.8 Å². The molecule has 0 aliphatic heterocycles. The first-order valence-corrected chi connectivity index (χ1v) is 9.34. The average molecular weight is 358 g/mol. The smallest absolute Gasteiger partial charge is 0.226 e. The molecule has 0 fully saturated rings. The number of hydrogen-bond acceptors (Lipinski definition) is 5. The first kappa shape index (κ1) is 16.7. The van der Waals surface area contributed by atoms with Crippen LogP contribution in [0.25, 0.3) is 11.3 Å². The van der Waals surface area contributed by atoms with Gasteiger partial charge in [-0.15, -0.1) is 11.3 Å². The number of aryl methyl sites for hydroxylation is 2. The summed E-state index contributed by atoms with van der Waals surface area (Å²) in [7, 11) is 1.65. The van der Waals surface area contributed by atoms with Crippen molar-refractivity contribution < 1.29 is 9.53 Å². The molecule has 1 N–H and O–H groups in total. The largest absolute Gasteiger partial charge is 0.497 e. The number of hydrogen-bond donors (Lipinski definition) is 1. The second kappa shape index (κ2) is 7.59. The minimum atomic E-state index is -0.00349. The number of methoxy groups -OCH3 is 1. The minimum Gasteiger partial charge on any atom is -0.497 e. The van der Waals surface area contributed by atoms with Gasteiger partial charge >= 0.3 is 0 Å². The van der Waals surface area contributed by atoms with Crippen molar-refractivity contribution in [1.29, 1.82) is 0 Å². The van der Waals surface area contributed by atoms with Gasteiger partial charge in [-0.25, -0.2) is 4.98 Å². The monoisotopic (exact) mass is 358 g/mol. The molecule has 2 aromatic heterocycles. The molecule has 4 nitrogen and oxygen atoms in total. The number of anilines is 1. The Hall–Kier alpha value is -2.18. The van der Waals surface area contributed by atoms with Gasteiger partial charge in [0.1, 0.15) is 5.75 Å². The molecular weight excluding hydrogens is 340 g/mol. The number of thiophene rings is 1. The summed E-state index contributed by atoms with van der Waals surface area (Å²) >= 11 is 3.15. The van der Waals surface area contributed by atoms with E-state index in [1.807, 2.05) is 42.6 Å². The Labute approximate surface area is 149 Å². The Morgan fingerprint density at radius 2 is 2.04 bits per heavy atom. The molecule has 0 atom stereocenters. The summed E-state index contributed by atoms with van der Waals surface area (Å²) in [5.41, 5.74) is 3.11. The lowest BCUT2D eigenvalue weighted by molar-refractivity contribution is -0.116. The van der Waals surface area contributed by atoms with Gasteiger partial charge in [0, 0.05) is 16.9 Å². The highest BCUT2D eigenvalue weighted by Gasteiger charge is 2.12. The summed E-state index contributed by atoms with van der Waals surface area (Å²) in [5.74, 6) is 0.810. The summed E-state index contributed by atoms with van der Waals surface area (Å²) < 4.78 is 5.18. The molecule has 0 bridgehead atoms.